The molecule has 1 heterocycles. The predicted molar refractivity (Wildman–Crippen MR) is 61.5 cm³/mol. The van der Waals surface area contributed by atoms with Gasteiger partial charge in [-0.05, 0) is 36.2 Å². The summed E-state index contributed by atoms with van der Waals surface area (Å²) in [6, 6.07) is 2.58. The molecule has 0 aliphatic heterocycles. The summed E-state index contributed by atoms with van der Waals surface area (Å²) in [5, 5.41) is 4.58. The summed E-state index contributed by atoms with van der Waals surface area (Å²) in [6.07, 6.45) is 2.63. The predicted octanol–water partition coefficient (Wildman–Crippen LogP) is 2.57. The maximum absolute atomic E-state index is 5.55. The van der Waals surface area contributed by atoms with Crippen molar-refractivity contribution in [3.05, 3.63) is 6.07 Å². The van der Waals surface area contributed by atoms with E-state index in [9.17, 15) is 0 Å². The monoisotopic (exact) mass is 211 g/mol. The molecule has 4 heteroatoms. The molecule has 1 aromatic rings. The van der Waals surface area contributed by atoms with Crippen LogP contribution in [0.2, 0.25) is 0 Å². The molecule has 1 aliphatic carbocycles. The van der Waals surface area contributed by atoms with Gasteiger partial charge in [-0.2, -0.15) is 4.37 Å². The Bertz CT molecular complexity index is 308. The lowest BCUT2D eigenvalue weighted by Gasteiger charge is -2.04. The Morgan fingerprint density at radius 3 is 3.07 bits per heavy atom. The number of rotatable bonds is 4. The first-order chi connectivity index (χ1) is 6.65. The summed E-state index contributed by atoms with van der Waals surface area (Å²) in [5.74, 6) is 2.29. The van der Waals surface area contributed by atoms with Crippen LogP contribution in [0, 0.1) is 11.8 Å². The minimum atomic E-state index is 0.624. The molecule has 0 amide bonds. The van der Waals surface area contributed by atoms with E-state index >= 15 is 0 Å². The Hall–Kier alpha value is -0.770. The second kappa shape index (κ2) is 3.77. The van der Waals surface area contributed by atoms with Crippen molar-refractivity contribution >= 4 is 22.4 Å². The maximum Gasteiger partial charge on any atom is 0.139 e. The largest absolute Gasteiger partial charge is 0.383 e. The molecule has 14 heavy (non-hydrogen) atoms. The summed E-state index contributed by atoms with van der Waals surface area (Å²) < 4.78 is 4.04. The van der Waals surface area contributed by atoms with Gasteiger partial charge in [0.25, 0.3) is 0 Å². The van der Waals surface area contributed by atoms with Crippen LogP contribution in [0.15, 0.2) is 6.07 Å². The fourth-order valence-corrected chi connectivity index (χ4v) is 2.46. The van der Waals surface area contributed by atoms with Crippen LogP contribution in [0.25, 0.3) is 0 Å². The van der Waals surface area contributed by atoms with Crippen LogP contribution in [-0.4, -0.2) is 10.4 Å². The molecule has 2 atom stereocenters. The van der Waals surface area contributed by atoms with Crippen molar-refractivity contribution in [3.8, 4) is 0 Å². The van der Waals surface area contributed by atoms with Gasteiger partial charge < -0.3 is 11.1 Å². The first-order valence-electron chi connectivity index (χ1n) is 5.14. The van der Waals surface area contributed by atoms with E-state index < -0.39 is 0 Å². The van der Waals surface area contributed by atoms with E-state index in [4.69, 9.17) is 5.73 Å². The van der Waals surface area contributed by atoms with Crippen molar-refractivity contribution in [2.75, 3.05) is 11.1 Å². The number of nitrogens with one attached hydrogen (secondary N) is 1. The van der Waals surface area contributed by atoms with Crippen molar-refractivity contribution in [2.45, 2.75) is 32.7 Å². The standard InChI is InChI=1S/C10H17N3S/c1-6(2)3-7-4-8(7)12-10-5-9(11)13-14-10/h5-8,12H,3-4H2,1-2H3,(H2,11,13). The molecule has 78 valence electrons. The van der Waals surface area contributed by atoms with E-state index in [2.05, 4.69) is 23.5 Å². The van der Waals surface area contributed by atoms with E-state index in [0.29, 0.717) is 11.9 Å². The summed E-state index contributed by atoms with van der Waals surface area (Å²) in [6.45, 7) is 4.56. The second-order valence-corrected chi connectivity index (χ2v) is 5.30. The zero-order valence-electron chi connectivity index (χ0n) is 8.66. The van der Waals surface area contributed by atoms with Gasteiger partial charge in [-0.3, -0.25) is 0 Å². The summed E-state index contributed by atoms with van der Waals surface area (Å²) >= 11 is 1.45. The van der Waals surface area contributed by atoms with Crippen LogP contribution in [0.1, 0.15) is 26.7 Å². The number of hydrogen-bond donors (Lipinski definition) is 2. The quantitative estimate of drug-likeness (QED) is 0.804. The summed E-state index contributed by atoms with van der Waals surface area (Å²) in [4.78, 5) is 0. The topological polar surface area (TPSA) is 50.9 Å². The molecule has 0 aromatic carbocycles. The highest BCUT2D eigenvalue weighted by molar-refractivity contribution is 7.10. The van der Waals surface area contributed by atoms with Crippen LogP contribution >= 0.6 is 11.5 Å². The molecule has 3 nitrogen and oxygen atoms in total. The molecule has 2 unspecified atom stereocenters. The molecule has 0 spiro atoms. The number of nitrogens with zero attached hydrogens (tertiary/aromatic N) is 1. The molecule has 3 N–H and O–H groups in total. The Kier molecular flexibility index (Phi) is 2.63. The van der Waals surface area contributed by atoms with Crippen molar-refractivity contribution < 1.29 is 0 Å². The highest BCUT2D eigenvalue weighted by atomic mass is 32.1. The van der Waals surface area contributed by atoms with Crippen LogP contribution in [-0.2, 0) is 0 Å². The molecule has 1 fully saturated rings. The number of nitrogens with two attached hydrogens (primary N) is 1. The van der Waals surface area contributed by atoms with Gasteiger partial charge in [-0.25, -0.2) is 0 Å². The zero-order chi connectivity index (χ0) is 10.1. The third-order valence-electron chi connectivity index (χ3n) is 2.55. The number of aromatic nitrogens is 1. The number of nitrogen functional groups attached to an aromatic ring is 1. The minimum absolute atomic E-state index is 0.624. The normalized spacial score (nSPS) is 25.4. The van der Waals surface area contributed by atoms with Gasteiger partial charge in [-0.15, -0.1) is 0 Å². The fourth-order valence-electron chi connectivity index (χ4n) is 1.83. The van der Waals surface area contributed by atoms with Crippen LogP contribution < -0.4 is 11.1 Å². The van der Waals surface area contributed by atoms with Gasteiger partial charge in [0.05, 0.1) is 0 Å². The highest BCUT2D eigenvalue weighted by Gasteiger charge is 2.37. The van der Waals surface area contributed by atoms with Crippen molar-refractivity contribution in [1.29, 1.82) is 0 Å². The Balaban J connectivity index is 1.79. The summed E-state index contributed by atoms with van der Waals surface area (Å²) in [5.41, 5.74) is 5.55. The lowest BCUT2D eigenvalue weighted by atomic mass is 10.1. The van der Waals surface area contributed by atoms with Crippen molar-refractivity contribution in [2.24, 2.45) is 11.8 Å². The van der Waals surface area contributed by atoms with Gasteiger partial charge in [0.1, 0.15) is 10.8 Å². The minimum Gasteiger partial charge on any atom is -0.383 e. The molecular formula is C10H17N3S. The Morgan fingerprint density at radius 1 is 1.71 bits per heavy atom. The molecular weight excluding hydrogens is 194 g/mol. The smallest absolute Gasteiger partial charge is 0.139 e. The molecule has 1 aliphatic rings. The van der Waals surface area contributed by atoms with Gasteiger partial charge in [0.2, 0.25) is 0 Å². The van der Waals surface area contributed by atoms with Crippen molar-refractivity contribution in [3.63, 3.8) is 0 Å². The molecule has 0 radical (unpaired) electrons. The first kappa shape index (κ1) is 9.77. The van der Waals surface area contributed by atoms with E-state index in [1.54, 1.807) is 0 Å². The first-order valence-corrected chi connectivity index (χ1v) is 5.91. The fraction of sp³-hybridized carbons (Fsp3) is 0.700. The zero-order valence-corrected chi connectivity index (χ0v) is 9.47. The molecule has 2 rings (SSSR count). The van der Waals surface area contributed by atoms with Crippen LogP contribution in [0.3, 0.4) is 0 Å². The molecule has 1 saturated carbocycles. The molecule has 0 saturated heterocycles. The van der Waals surface area contributed by atoms with Crippen LogP contribution in [0.5, 0.6) is 0 Å². The van der Waals surface area contributed by atoms with Gasteiger partial charge >= 0.3 is 0 Å². The lowest BCUT2D eigenvalue weighted by molar-refractivity contribution is 0.535. The van der Waals surface area contributed by atoms with E-state index in [1.165, 1.54) is 24.4 Å². The SMILES string of the molecule is CC(C)CC1CC1Nc1cc(N)ns1. The number of hydrogen-bond acceptors (Lipinski definition) is 4. The van der Waals surface area contributed by atoms with Gasteiger partial charge in [-0.1, -0.05) is 13.8 Å². The Labute approximate surface area is 88.9 Å². The average molecular weight is 211 g/mol. The van der Waals surface area contributed by atoms with Crippen molar-refractivity contribution in [1.82, 2.24) is 4.37 Å². The second-order valence-electron chi connectivity index (χ2n) is 4.49. The van der Waals surface area contributed by atoms with Crippen LogP contribution in [0.4, 0.5) is 10.8 Å². The third kappa shape index (κ3) is 2.38. The summed E-state index contributed by atoms with van der Waals surface area (Å²) in [7, 11) is 0. The van der Waals surface area contributed by atoms with Gasteiger partial charge in [0, 0.05) is 12.1 Å². The molecule has 1 aromatic heterocycles. The number of anilines is 2. The lowest BCUT2D eigenvalue weighted by Crippen LogP contribution is -2.04. The van der Waals surface area contributed by atoms with E-state index in [-0.39, 0.29) is 0 Å². The van der Waals surface area contributed by atoms with Gasteiger partial charge in [0.15, 0.2) is 0 Å². The third-order valence-corrected chi connectivity index (χ3v) is 3.29. The van der Waals surface area contributed by atoms with E-state index in [0.717, 1.165) is 16.8 Å². The maximum atomic E-state index is 5.55. The highest BCUT2D eigenvalue weighted by Crippen LogP contribution is 2.39. The molecule has 0 bridgehead atoms. The average Bonchev–Trinajstić information content (AvgIpc) is 2.63. The van der Waals surface area contributed by atoms with E-state index in [1.807, 2.05) is 6.07 Å². The Morgan fingerprint density at radius 2 is 2.50 bits per heavy atom.